The van der Waals surface area contributed by atoms with Crippen molar-refractivity contribution in [2.45, 2.75) is 51.9 Å². The number of aliphatic carboxylic acids is 1. The molecule has 1 saturated heterocycles. The molecular formula is C14H24O5. The molecule has 0 aromatic carbocycles. The van der Waals surface area contributed by atoms with Crippen molar-refractivity contribution in [3.8, 4) is 0 Å². The summed E-state index contributed by atoms with van der Waals surface area (Å²) in [5, 5.41) is 9.28. The summed E-state index contributed by atoms with van der Waals surface area (Å²) in [6, 6.07) is 0. The van der Waals surface area contributed by atoms with Crippen LogP contribution in [0.4, 0.5) is 0 Å². The van der Waals surface area contributed by atoms with Crippen LogP contribution < -0.4 is 0 Å². The topological polar surface area (TPSA) is 72.8 Å². The van der Waals surface area contributed by atoms with Gasteiger partial charge in [-0.15, -0.1) is 0 Å². The van der Waals surface area contributed by atoms with E-state index in [1.165, 1.54) is 12.8 Å². The van der Waals surface area contributed by atoms with Gasteiger partial charge in [-0.05, 0) is 19.3 Å². The first-order valence-corrected chi connectivity index (χ1v) is 7.12. The van der Waals surface area contributed by atoms with E-state index in [1.807, 2.05) is 0 Å². The lowest BCUT2D eigenvalue weighted by Crippen LogP contribution is -2.45. The van der Waals surface area contributed by atoms with E-state index < -0.39 is 17.4 Å². The number of rotatable bonds is 8. The van der Waals surface area contributed by atoms with E-state index >= 15 is 0 Å². The van der Waals surface area contributed by atoms with Crippen LogP contribution in [0.1, 0.15) is 51.9 Å². The number of hydrogen-bond donors (Lipinski definition) is 1. The second-order valence-corrected chi connectivity index (χ2v) is 5.05. The molecule has 0 aliphatic carbocycles. The summed E-state index contributed by atoms with van der Waals surface area (Å²) in [6.07, 6.45) is 5.72. The van der Waals surface area contributed by atoms with Crippen molar-refractivity contribution in [2.24, 2.45) is 5.41 Å². The number of carboxylic acids is 1. The maximum absolute atomic E-state index is 12.0. The average molecular weight is 272 g/mol. The zero-order valence-corrected chi connectivity index (χ0v) is 11.7. The summed E-state index contributed by atoms with van der Waals surface area (Å²) in [7, 11) is 0. The zero-order valence-electron chi connectivity index (χ0n) is 11.7. The van der Waals surface area contributed by atoms with E-state index in [0.717, 1.165) is 19.3 Å². The van der Waals surface area contributed by atoms with Crippen LogP contribution in [-0.2, 0) is 19.1 Å². The normalized spacial score (nSPS) is 17.9. The van der Waals surface area contributed by atoms with Crippen molar-refractivity contribution in [1.29, 1.82) is 0 Å². The van der Waals surface area contributed by atoms with Crippen LogP contribution in [0.15, 0.2) is 0 Å². The van der Waals surface area contributed by atoms with Gasteiger partial charge in [0.05, 0.1) is 6.61 Å². The molecule has 110 valence electrons. The van der Waals surface area contributed by atoms with Gasteiger partial charge in [-0.2, -0.15) is 0 Å². The number of carbonyl (C=O) groups excluding carboxylic acids is 1. The van der Waals surface area contributed by atoms with E-state index in [1.54, 1.807) is 0 Å². The predicted octanol–water partition coefficient (Wildman–Crippen LogP) is 2.38. The lowest BCUT2D eigenvalue weighted by Gasteiger charge is -2.30. The molecule has 0 saturated carbocycles. The number of esters is 1. The lowest BCUT2D eigenvalue weighted by atomic mass is 9.80. The molecule has 1 aliphatic heterocycles. The van der Waals surface area contributed by atoms with Crippen LogP contribution in [0, 0.1) is 5.41 Å². The summed E-state index contributed by atoms with van der Waals surface area (Å²) in [5.74, 6) is -1.69. The molecule has 1 rings (SSSR count). The number of carbonyl (C=O) groups is 2. The Hall–Kier alpha value is -1.10. The molecule has 0 unspecified atom stereocenters. The van der Waals surface area contributed by atoms with Gasteiger partial charge in [0.25, 0.3) is 0 Å². The minimum atomic E-state index is -1.39. The first kappa shape index (κ1) is 16.0. The van der Waals surface area contributed by atoms with Crippen molar-refractivity contribution in [3.63, 3.8) is 0 Å². The Balaban J connectivity index is 2.35. The highest BCUT2D eigenvalue weighted by molar-refractivity contribution is 5.99. The Morgan fingerprint density at radius 1 is 1.16 bits per heavy atom. The number of unbranched alkanes of at least 4 members (excludes halogenated alkanes) is 4. The van der Waals surface area contributed by atoms with Gasteiger partial charge in [0.1, 0.15) is 0 Å². The third kappa shape index (κ3) is 4.49. The summed E-state index contributed by atoms with van der Waals surface area (Å²) in [6.45, 7) is 3.07. The second kappa shape index (κ2) is 8.15. The van der Waals surface area contributed by atoms with Gasteiger partial charge in [-0.3, -0.25) is 9.59 Å². The fourth-order valence-electron chi connectivity index (χ4n) is 2.23. The molecule has 0 atom stereocenters. The van der Waals surface area contributed by atoms with Crippen molar-refractivity contribution < 1.29 is 24.2 Å². The highest BCUT2D eigenvalue weighted by Crippen LogP contribution is 2.32. The van der Waals surface area contributed by atoms with Crippen LogP contribution in [-0.4, -0.2) is 36.9 Å². The first-order valence-electron chi connectivity index (χ1n) is 7.12. The smallest absolute Gasteiger partial charge is 0.323 e. The molecule has 0 spiro atoms. The monoisotopic (exact) mass is 272 g/mol. The fraction of sp³-hybridized carbons (Fsp3) is 0.857. The summed E-state index contributed by atoms with van der Waals surface area (Å²) < 4.78 is 10.3. The summed E-state index contributed by atoms with van der Waals surface area (Å²) >= 11 is 0. The standard InChI is InChI=1S/C14H24O5/c1-2-3-4-5-6-9-19-13(17)14(12(15)16)7-10-18-11-8-14/h2-11H2,1H3,(H,15,16). The molecule has 1 heterocycles. The maximum atomic E-state index is 12.0. The molecular weight excluding hydrogens is 248 g/mol. The summed E-state index contributed by atoms with van der Waals surface area (Å²) in [5.41, 5.74) is -1.39. The largest absolute Gasteiger partial charge is 0.480 e. The third-order valence-electron chi connectivity index (χ3n) is 3.63. The first-order chi connectivity index (χ1) is 9.13. The molecule has 1 N–H and O–H groups in total. The van der Waals surface area contributed by atoms with Crippen molar-refractivity contribution in [1.82, 2.24) is 0 Å². The summed E-state index contributed by atoms with van der Waals surface area (Å²) in [4.78, 5) is 23.3. The number of hydrogen-bond acceptors (Lipinski definition) is 4. The Bertz CT molecular complexity index is 294. The Morgan fingerprint density at radius 2 is 1.79 bits per heavy atom. The molecule has 1 aliphatic rings. The molecule has 0 amide bonds. The molecule has 5 heteroatoms. The molecule has 5 nitrogen and oxygen atoms in total. The minimum absolute atomic E-state index is 0.205. The van der Waals surface area contributed by atoms with Gasteiger partial charge in [0.2, 0.25) is 0 Å². The van der Waals surface area contributed by atoms with Crippen LogP contribution in [0.2, 0.25) is 0 Å². The van der Waals surface area contributed by atoms with Crippen molar-refractivity contribution in [2.75, 3.05) is 19.8 Å². The number of carboxylic acid groups (broad SMARTS) is 1. The minimum Gasteiger partial charge on any atom is -0.480 e. The van der Waals surface area contributed by atoms with E-state index in [4.69, 9.17) is 9.47 Å². The Labute approximate surface area is 114 Å². The zero-order chi connectivity index (χ0) is 14.1. The van der Waals surface area contributed by atoms with Gasteiger partial charge in [0.15, 0.2) is 5.41 Å². The molecule has 1 fully saturated rings. The average Bonchev–Trinajstić information content (AvgIpc) is 2.43. The van der Waals surface area contributed by atoms with Crippen molar-refractivity contribution >= 4 is 11.9 Å². The van der Waals surface area contributed by atoms with Crippen LogP contribution >= 0.6 is 0 Å². The lowest BCUT2D eigenvalue weighted by molar-refractivity contribution is -0.175. The van der Waals surface area contributed by atoms with E-state index in [9.17, 15) is 14.7 Å². The van der Waals surface area contributed by atoms with Gasteiger partial charge in [-0.1, -0.05) is 32.6 Å². The van der Waals surface area contributed by atoms with E-state index in [0.29, 0.717) is 19.8 Å². The third-order valence-corrected chi connectivity index (χ3v) is 3.63. The van der Waals surface area contributed by atoms with Gasteiger partial charge < -0.3 is 14.6 Å². The van der Waals surface area contributed by atoms with Crippen LogP contribution in [0.3, 0.4) is 0 Å². The highest BCUT2D eigenvalue weighted by Gasteiger charge is 2.48. The molecule has 0 aromatic heterocycles. The van der Waals surface area contributed by atoms with Crippen LogP contribution in [0.25, 0.3) is 0 Å². The molecule has 0 aromatic rings. The molecule has 19 heavy (non-hydrogen) atoms. The number of ether oxygens (including phenoxy) is 2. The quantitative estimate of drug-likeness (QED) is 0.417. The highest BCUT2D eigenvalue weighted by atomic mass is 16.5. The maximum Gasteiger partial charge on any atom is 0.323 e. The predicted molar refractivity (Wildman–Crippen MR) is 69.8 cm³/mol. The van der Waals surface area contributed by atoms with Gasteiger partial charge in [0, 0.05) is 13.2 Å². The molecule has 0 bridgehead atoms. The van der Waals surface area contributed by atoms with Crippen LogP contribution in [0.5, 0.6) is 0 Å². The van der Waals surface area contributed by atoms with Crippen molar-refractivity contribution in [3.05, 3.63) is 0 Å². The SMILES string of the molecule is CCCCCCCOC(=O)C1(C(=O)O)CCOCC1. The fourth-order valence-corrected chi connectivity index (χ4v) is 2.23. The van der Waals surface area contributed by atoms with Gasteiger partial charge in [-0.25, -0.2) is 0 Å². The van der Waals surface area contributed by atoms with Gasteiger partial charge >= 0.3 is 11.9 Å². The second-order valence-electron chi connectivity index (χ2n) is 5.05. The Morgan fingerprint density at radius 3 is 2.37 bits per heavy atom. The van der Waals surface area contributed by atoms with E-state index in [2.05, 4.69) is 6.92 Å². The van der Waals surface area contributed by atoms with E-state index in [-0.39, 0.29) is 12.8 Å². The Kier molecular flexibility index (Phi) is 6.84. The molecule has 0 radical (unpaired) electrons.